The second-order valence-electron chi connectivity index (χ2n) is 2.76. The molecule has 0 fully saturated rings. The quantitative estimate of drug-likeness (QED) is 0.433. The summed E-state index contributed by atoms with van der Waals surface area (Å²) < 4.78 is 10.4. The van der Waals surface area contributed by atoms with Gasteiger partial charge in [0.05, 0.1) is 0 Å². The van der Waals surface area contributed by atoms with Crippen LogP contribution in [0.1, 0.15) is 12.8 Å². The predicted octanol–water partition coefficient (Wildman–Crippen LogP) is -0.455. The Labute approximate surface area is 71.2 Å². The minimum Gasteiger partial charge on any atom is -0.396 e. The normalized spacial score (nSPS) is 12.4. The van der Waals surface area contributed by atoms with Gasteiger partial charge in [-0.25, -0.2) is 0 Å². The second kappa shape index (κ2) is 5.67. The van der Waals surface area contributed by atoms with Gasteiger partial charge >= 0.3 is 7.60 Å². The van der Waals surface area contributed by atoms with E-state index in [1.165, 1.54) is 0 Å². The predicted molar refractivity (Wildman–Crippen MR) is 43.8 cm³/mol. The zero-order valence-corrected chi connectivity index (χ0v) is 7.65. The van der Waals surface area contributed by atoms with E-state index in [-0.39, 0.29) is 25.3 Å². The first kappa shape index (κ1) is 12.1. The summed E-state index contributed by atoms with van der Waals surface area (Å²) >= 11 is 0. The molecule has 74 valence electrons. The van der Waals surface area contributed by atoms with Crippen molar-refractivity contribution in [1.29, 1.82) is 0 Å². The zero-order valence-electron chi connectivity index (χ0n) is 6.76. The highest BCUT2D eigenvalue weighted by Gasteiger charge is 2.13. The molecule has 0 spiro atoms. The van der Waals surface area contributed by atoms with Crippen LogP contribution in [0.5, 0.6) is 0 Å². The number of aliphatic hydroxyl groups is 2. The van der Waals surface area contributed by atoms with E-state index in [4.69, 9.17) is 20.0 Å². The van der Waals surface area contributed by atoms with Crippen molar-refractivity contribution < 1.29 is 24.6 Å². The highest BCUT2D eigenvalue weighted by molar-refractivity contribution is 7.51. The number of rotatable bonds is 6. The average molecular weight is 198 g/mol. The summed E-state index contributed by atoms with van der Waals surface area (Å²) in [5.41, 5.74) is 0. The van der Waals surface area contributed by atoms with Crippen LogP contribution in [0.3, 0.4) is 0 Å². The highest BCUT2D eigenvalue weighted by Crippen LogP contribution is 2.35. The van der Waals surface area contributed by atoms with E-state index < -0.39 is 7.60 Å². The van der Waals surface area contributed by atoms with Gasteiger partial charge in [0.2, 0.25) is 0 Å². The van der Waals surface area contributed by atoms with Crippen LogP contribution in [0.4, 0.5) is 0 Å². The summed E-state index contributed by atoms with van der Waals surface area (Å²) in [5, 5.41) is 17.2. The van der Waals surface area contributed by atoms with Gasteiger partial charge in [0.15, 0.2) is 0 Å². The summed E-state index contributed by atoms with van der Waals surface area (Å²) in [6, 6.07) is 0. The van der Waals surface area contributed by atoms with Crippen molar-refractivity contribution in [3.63, 3.8) is 0 Å². The maximum Gasteiger partial charge on any atom is 0.325 e. The summed E-state index contributed by atoms with van der Waals surface area (Å²) in [6.07, 6.45) is 0.595. The molecule has 0 heterocycles. The third kappa shape index (κ3) is 6.76. The number of hydrogen-bond donors (Lipinski definition) is 4. The molecule has 0 unspecified atom stereocenters. The van der Waals surface area contributed by atoms with Crippen molar-refractivity contribution in [1.82, 2.24) is 0 Å². The van der Waals surface area contributed by atoms with Gasteiger partial charge in [-0.15, -0.1) is 0 Å². The fraction of sp³-hybridized carbons (Fsp3) is 1.00. The summed E-state index contributed by atoms with van der Waals surface area (Å²) in [4.78, 5) is 16.9. The molecule has 5 nitrogen and oxygen atoms in total. The van der Waals surface area contributed by atoms with Gasteiger partial charge in [0, 0.05) is 25.3 Å². The molecule has 12 heavy (non-hydrogen) atoms. The number of hydrogen-bond acceptors (Lipinski definition) is 3. The monoisotopic (exact) mass is 198 g/mol. The molecule has 6 heteroatoms. The van der Waals surface area contributed by atoms with Crippen LogP contribution in [0.25, 0.3) is 0 Å². The van der Waals surface area contributed by atoms with E-state index >= 15 is 0 Å². The molecule has 0 aliphatic carbocycles. The Hall–Kier alpha value is 0.0700. The lowest BCUT2D eigenvalue weighted by Crippen LogP contribution is -2.11. The van der Waals surface area contributed by atoms with E-state index in [2.05, 4.69) is 0 Å². The molecule has 0 aromatic carbocycles. The van der Waals surface area contributed by atoms with Gasteiger partial charge in [-0.3, -0.25) is 4.57 Å². The third-order valence-electron chi connectivity index (χ3n) is 1.58. The lowest BCUT2D eigenvalue weighted by atomic mass is 10.1. The van der Waals surface area contributed by atoms with Crippen LogP contribution < -0.4 is 0 Å². The van der Waals surface area contributed by atoms with Crippen LogP contribution in [0.15, 0.2) is 0 Å². The highest BCUT2D eigenvalue weighted by atomic mass is 31.2. The topological polar surface area (TPSA) is 98.0 Å². The lowest BCUT2D eigenvalue weighted by Gasteiger charge is -2.10. The third-order valence-corrected chi connectivity index (χ3v) is 2.48. The Morgan fingerprint density at radius 1 is 1.17 bits per heavy atom. The van der Waals surface area contributed by atoms with Crippen LogP contribution in [0.2, 0.25) is 0 Å². The van der Waals surface area contributed by atoms with Crippen molar-refractivity contribution in [2.75, 3.05) is 19.4 Å². The van der Waals surface area contributed by atoms with E-state index in [0.717, 1.165) is 0 Å². The molecule has 0 aromatic heterocycles. The van der Waals surface area contributed by atoms with Gasteiger partial charge in [0.25, 0.3) is 0 Å². The van der Waals surface area contributed by atoms with Gasteiger partial charge in [-0.05, 0) is 12.8 Å². The van der Waals surface area contributed by atoms with Crippen molar-refractivity contribution >= 4 is 7.60 Å². The smallest absolute Gasteiger partial charge is 0.325 e. The van der Waals surface area contributed by atoms with Gasteiger partial charge in [0.1, 0.15) is 0 Å². The van der Waals surface area contributed by atoms with Gasteiger partial charge in [-0.1, -0.05) is 0 Å². The molecular formula is C6H15O5P. The van der Waals surface area contributed by atoms with Crippen molar-refractivity contribution in [2.24, 2.45) is 5.92 Å². The molecule has 0 aliphatic heterocycles. The molecule has 0 aliphatic rings. The first-order valence-electron chi connectivity index (χ1n) is 3.76. The molecule has 0 amide bonds. The van der Waals surface area contributed by atoms with Crippen LogP contribution in [-0.2, 0) is 4.57 Å². The maximum atomic E-state index is 10.4. The van der Waals surface area contributed by atoms with E-state index in [0.29, 0.717) is 12.8 Å². The molecular weight excluding hydrogens is 183 g/mol. The van der Waals surface area contributed by atoms with Crippen LogP contribution in [-0.4, -0.2) is 39.4 Å². The summed E-state index contributed by atoms with van der Waals surface area (Å²) in [6.45, 7) is -0.282. The van der Waals surface area contributed by atoms with Crippen molar-refractivity contribution in [3.8, 4) is 0 Å². The minimum atomic E-state index is -3.91. The fourth-order valence-corrected chi connectivity index (χ4v) is 1.42. The molecule has 0 aromatic rings. The standard InChI is InChI=1S/C6H15O5P/c7-4-6(5-8)2-1-3-12(9,10)11/h6-8H,1-5H2,(H2,9,10,11). The van der Waals surface area contributed by atoms with Crippen LogP contribution in [0, 0.1) is 5.92 Å². The Morgan fingerprint density at radius 2 is 1.67 bits per heavy atom. The lowest BCUT2D eigenvalue weighted by molar-refractivity contribution is 0.143. The summed E-state index contributed by atoms with van der Waals surface area (Å²) in [5.74, 6) is -0.253. The average Bonchev–Trinajstić information content (AvgIpc) is 1.96. The molecule has 0 saturated carbocycles. The van der Waals surface area contributed by atoms with Crippen LogP contribution >= 0.6 is 7.60 Å². The van der Waals surface area contributed by atoms with Gasteiger partial charge in [-0.2, -0.15) is 0 Å². The Bertz CT molecular complexity index is 150. The molecule has 0 bridgehead atoms. The fourth-order valence-electron chi connectivity index (χ4n) is 0.826. The maximum absolute atomic E-state index is 10.4. The zero-order chi connectivity index (χ0) is 9.61. The minimum absolute atomic E-state index is 0.141. The first-order valence-corrected chi connectivity index (χ1v) is 5.55. The van der Waals surface area contributed by atoms with Crippen molar-refractivity contribution in [3.05, 3.63) is 0 Å². The van der Waals surface area contributed by atoms with E-state index in [9.17, 15) is 4.57 Å². The second-order valence-corrected chi connectivity index (χ2v) is 4.54. The molecule has 0 atom stereocenters. The first-order chi connectivity index (χ1) is 5.49. The Balaban J connectivity index is 3.48. The SMILES string of the molecule is O=P(O)(O)CCCC(CO)CO. The van der Waals surface area contributed by atoms with E-state index in [1.54, 1.807) is 0 Å². The molecule has 0 saturated heterocycles. The van der Waals surface area contributed by atoms with Gasteiger partial charge < -0.3 is 20.0 Å². The summed E-state index contributed by atoms with van der Waals surface area (Å²) in [7, 11) is -3.91. The van der Waals surface area contributed by atoms with E-state index in [1.807, 2.05) is 0 Å². The molecule has 0 radical (unpaired) electrons. The molecule has 4 N–H and O–H groups in total. The Morgan fingerprint density at radius 3 is 2.00 bits per heavy atom. The largest absolute Gasteiger partial charge is 0.396 e. The number of aliphatic hydroxyl groups excluding tert-OH is 2. The van der Waals surface area contributed by atoms with Crippen molar-refractivity contribution in [2.45, 2.75) is 12.8 Å². The molecule has 0 rings (SSSR count). The Kier molecular flexibility index (Phi) is 5.70.